The molecule has 3 aromatic rings. The molecule has 0 atom stereocenters. The Kier molecular flexibility index (Phi) is 5.47. The molecule has 5 nitrogen and oxygen atoms in total. The lowest BCUT2D eigenvalue weighted by Gasteiger charge is -1.97. The van der Waals surface area contributed by atoms with Gasteiger partial charge < -0.3 is 4.52 Å². The summed E-state index contributed by atoms with van der Waals surface area (Å²) in [6.07, 6.45) is 0. The zero-order valence-electron chi connectivity index (χ0n) is 12.3. The van der Waals surface area contributed by atoms with Crippen LogP contribution in [-0.2, 0) is 5.75 Å². The Labute approximate surface area is 145 Å². The first kappa shape index (κ1) is 16.2. The molecule has 0 spiro atoms. The maximum Gasteiger partial charge on any atom is 0.175 e. The smallest absolute Gasteiger partial charge is 0.175 e. The first-order valence-electron chi connectivity index (χ1n) is 6.80. The van der Waals surface area contributed by atoms with Gasteiger partial charge in [0.25, 0.3) is 0 Å². The van der Waals surface area contributed by atoms with E-state index < -0.39 is 0 Å². The second-order valence-electron chi connectivity index (χ2n) is 4.63. The summed E-state index contributed by atoms with van der Waals surface area (Å²) in [4.78, 5) is 12.0. The number of hydrogen-bond acceptors (Lipinski definition) is 8. The van der Waals surface area contributed by atoms with Crippen molar-refractivity contribution in [3.8, 4) is 0 Å². The predicted octanol–water partition coefficient (Wildman–Crippen LogP) is 4.10. The number of aromatic nitrogens is 3. The number of hydrogen-bond donors (Lipinski definition) is 0. The van der Waals surface area contributed by atoms with E-state index >= 15 is 0 Å². The first-order chi connectivity index (χ1) is 11.2. The molecule has 118 valence electrons. The van der Waals surface area contributed by atoms with Crippen LogP contribution in [0.1, 0.15) is 21.8 Å². The van der Waals surface area contributed by atoms with Crippen LogP contribution in [0.2, 0.25) is 0 Å². The summed E-state index contributed by atoms with van der Waals surface area (Å²) in [5.74, 6) is 1.96. The minimum absolute atomic E-state index is 0.0954. The molecule has 0 aliphatic heterocycles. The van der Waals surface area contributed by atoms with Crippen LogP contribution in [0.4, 0.5) is 0 Å². The number of rotatable bonds is 7. The normalized spacial score (nSPS) is 10.8. The van der Waals surface area contributed by atoms with Crippen LogP contribution in [0.25, 0.3) is 0 Å². The number of ketones is 1. The molecular weight excluding hydrogens is 350 g/mol. The Morgan fingerprint density at radius 2 is 1.91 bits per heavy atom. The average molecular weight is 363 g/mol. The van der Waals surface area contributed by atoms with Gasteiger partial charge in [-0.3, -0.25) is 4.79 Å². The molecule has 2 heterocycles. The number of benzene rings is 1. The summed E-state index contributed by atoms with van der Waals surface area (Å²) < 4.78 is 6.69. The third kappa shape index (κ3) is 4.66. The summed E-state index contributed by atoms with van der Waals surface area (Å²) in [6.45, 7) is 1.87. The molecule has 0 unspecified atom stereocenters. The quantitative estimate of drug-likeness (QED) is 0.462. The van der Waals surface area contributed by atoms with E-state index in [1.807, 2.05) is 43.3 Å². The summed E-state index contributed by atoms with van der Waals surface area (Å²) in [5.41, 5.74) is 1.61. The van der Waals surface area contributed by atoms with Gasteiger partial charge in [-0.15, -0.1) is 10.2 Å². The summed E-state index contributed by atoms with van der Waals surface area (Å²) >= 11 is 4.47. The number of aryl methyl sites for hydroxylation is 1. The maximum absolute atomic E-state index is 12.0. The maximum atomic E-state index is 12.0. The molecule has 0 N–H and O–H groups in total. The Morgan fingerprint density at radius 3 is 2.61 bits per heavy atom. The second kappa shape index (κ2) is 7.76. The number of thioether (sulfide) groups is 2. The SMILES string of the molecule is Cc1cc(CSc2nnc(SCC(=O)c3ccccc3)s2)no1. The molecule has 1 aromatic carbocycles. The van der Waals surface area contributed by atoms with Crippen LogP contribution in [0.5, 0.6) is 0 Å². The molecule has 0 aliphatic carbocycles. The van der Waals surface area contributed by atoms with Gasteiger partial charge in [0, 0.05) is 17.4 Å². The Balaban J connectivity index is 1.50. The van der Waals surface area contributed by atoms with Gasteiger partial charge in [0.1, 0.15) is 5.76 Å². The first-order valence-corrected chi connectivity index (χ1v) is 9.59. The van der Waals surface area contributed by atoms with Crippen molar-refractivity contribution in [3.05, 3.63) is 53.4 Å². The fraction of sp³-hybridized carbons (Fsp3) is 0.200. The molecule has 2 aromatic heterocycles. The highest BCUT2D eigenvalue weighted by Gasteiger charge is 2.11. The van der Waals surface area contributed by atoms with Crippen molar-refractivity contribution >= 4 is 40.6 Å². The van der Waals surface area contributed by atoms with E-state index in [1.54, 1.807) is 11.8 Å². The number of Topliss-reactive ketones (excluding diaryl/α,β-unsaturated/α-hetero) is 1. The van der Waals surface area contributed by atoms with Crippen molar-refractivity contribution in [1.82, 2.24) is 15.4 Å². The molecule has 0 saturated carbocycles. The highest BCUT2D eigenvalue weighted by atomic mass is 32.2. The predicted molar refractivity (Wildman–Crippen MR) is 92.2 cm³/mol. The van der Waals surface area contributed by atoms with Crippen LogP contribution in [0.3, 0.4) is 0 Å². The minimum Gasteiger partial charge on any atom is -0.361 e. The van der Waals surface area contributed by atoms with Crippen LogP contribution >= 0.6 is 34.9 Å². The molecule has 0 aliphatic rings. The third-order valence-corrected chi connectivity index (χ3v) is 6.05. The van der Waals surface area contributed by atoms with Crippen molar-refractivity contribution in [2.24, 2.45) is 0 Å². The number of carbonyl (C=O) groups excluding carboxylic acids is 1. The van der Waals surface area contributed by atoms with E-state index in [-0.39, 0.29) is 5.78 Å². The van der Waals surface area contributed by atoms with Crippen LogP contribution < -0.4 is 0 Å². The molecule has 3 rings (SSSR count). The van der Waals surface area contributed by atoms with Gasteiger partial charge in [-0.1, -0.05) is 70.3 Å². The summed E-state index contributed by atoms with van der Waals surface area (Å²) in [6, 6.07) is 11.2. The van der Waals surface area contributed by atoms with Crippen molar-refractivity contribution in [2.75, 3.05) is 5.75 Å². The molecular formula is C15H13N3O2S3. The average Bonchev–Trinajstić information content (AvgIpc) is 3.20. The number of carbonyl (C=O) groups is 1. The molecule has 23 heavy (non-hydrogen) atoms. The van der Waals surface area contributed by atoms with Crippen molar-refractivity contribution in [2.45, 2.75) is 21.4 Å². The lowest BCUT2D eigenvalue weighted by molar-refractivity contribution is 0.102. The summed E-state index contributed by atoms with van der Waals surface area (Å²) in [5, 5.41) is 12.2. The van der Waals surface area contributed by atoms with Gasteiger partial charge >= 0.3 is 0 Å². The Morgan fingerprint density at radius 1 is 1.17 bits per heavy atom. The fourth-order valence-corrected chi connectivity index (χ4v) is 4.57. The van der Waals surface area contributed by atoms with E-state index in [0.717, 1.165) is 25.7 Å². The van der Waals surface area contributed by atoms with Crippen LogP contribution in [-0.4, -0.2) is 26.9 Å². The van der Waals surface area contributed by atoms with Crippen LogP contribution in [0, 0.1) is 6.92 Å². The lowest BCUT2D eigenvalue weighted by atomic mass is 10.2. The van der Waals surface area contributed by atoms with Gasteiger partial charge in [-0.05, 0) is 6.92 Å². The van der Waals surface area contributed by atoms with E-state index in [4.69, 9.17) is 4.52 Å². The molecule has 8 heteroatoms. The summed E-state index contributed by atoms with van der Waals surface area (Å²) in [7, 11) is 0. The standard InChI is InChI=1S/C15H13N3O2S3/c1-10-7-12(18-20-10)8-21-14-16-17-15(23-14)22-9-13(19)11-5-3-2-4-6-11/h2-7H,8-9H2,1H3. The topological polar surface area (TPSA) is 68.9 Å². The molecule has 0 fully saturated rings. The minimum atomic E-state index is 0.0954. The zero-order chi connectivity index (χ0) is 16.1. The van der Waals surface area contributed by atoms with Gasteiger partial charge in [-0.2, -0.15) is 0 Å². The largest absolute Gasteiger partial charge is 0.361 e. The van der Waals surface area contributed by atoms with Crippen molar-refractivity contribution in [1.29, 1.82) is 0 Å². The monoisotopic (exact) mass is 363 g/mol. The highest BCUT2D eigenvalue weighted by Crippen LogP contribution is 2.30. The van der Waals surface area contributed by atoms with Crippen molar-refractivity contribution < 1.29 is 9.32 Å². The van der Waals surface area contributed by atoms with Gasteiger partial charge in [0.15, 0.2) is 14.5 Å². The fourth-order valence-electron chi connectivity index (χ4n) is 1.77. The van der Waals surface area contributed by atoms with E-state index in [9.17, 15) is 4.79 Å². The van der Waals surface area contributed by atoms with E-state index in [0.29, 0.717) is 11.5 Å². The second-order valence-corrected chi connectivity index (χ2v) is 8.05. The van der Waals surface area contributed by atoms with Gasteiger partial charge in [0.05, 0.1) is 11.4 Å². The van der Waals surface area contributed by atoms with E-state index in [1.165, 1.54) is 23.1 Å². The van der Waals surface area contributed by atoms with Gasteiger partial charge in [0.2, 0.25) is 0 Å². The highest BCUT2D eigenvalue weighted by molar-refractivity contribution is 8.03. The lowest BCUT2D eigenvalue weighted by Crippen LogP contribution is -2.01. The Hall–Kier alpha value is -1.64. The van der Waals surface area contributed by atoms with E-state index in [2.05, 4.69) is 15.4 Å². The molecule has 0 saturated heterocycles. The van der Waals surface area contributed by atoms with Gasteiger partial charge in [-0.25, -0.2) is 0 Å². The van der Waals surface area contributed by atoms with Crippen molar-refractivity contribution in [3.63, 3.8) is 0 Å². The third-order valence-electron chi connectivity index (χ3n) is 2.83. The molecule has 0 bridgehead atoms. The number of nitrogens with zero attached hydrogens (tertiary/aromatic N) is 3. The van der Waals surface area contributed by atoms with Crippen LogP contribution in [0.15, 0.2) is 49.6 Å². The molecule has 0 amide bonds. The molecule has 0 radical (unpaired) electrons. The zero-order valence-corrected chi connectivity index (χ0v) is 14.7. The Bertz CT molecular complexity index is 786.